The second-order valence-corrected chi connectivity index (χ2v) is 14.9. The van der Waals surface area contributed by atoms with Crippen LogP contribution >= 0.6 is 11.3 Å². The number of carboxylic acids is 1. The molecule has 4 aliphatic rings. The molecule has 2 aliphatic carbocycles. The Balaban J connectivity index is 1.20. The molecule has 270 valence electrons. The normalized spacial score (nSPS) is 28.5. The molecule has 7 rings (SSSR count). The topological polar surface area (TPSA) is 180 Å². The van der Waals surface area contributed by atoms with Crippen LogP contribution in [-0.2, 0) is 19.1 Å². The largest absolute Gasteiger partial charge is 0.479 e. The van der Waals surface area contributed by atoms with Crippen LogP contribution in [0.5, 0.6) is 5.88 Å². The molecule has 3 aromatic rings. The third-order valence-corrected chi connectivity index (χ3v) is 11.3. The molecule has 4 N–H and O–H groups in total. The fourth-order valence-corrected chi connectivity index (χ4v) is 8.32. The fourth-order valence-electron chi connectivity index (χ4n) is 7.62. The van der Waals surface area contributed by atoms with Crippen molar-refractivity contribution in [3.05, 3.63) is 53.9 Å². The summed E-state index contributed by atoms with van der Waals surface area (Å²) in [6.45, 7) is 0.00295. The van der Waals surface area contributed by atoms with E-state index < -0.39 is 53.7 Å². The Bertz CT molecular complexity index is 1800. The van der Waals surface area contributed by atoms with Gasteiger partial charge in [-0.3, -0.25) is 9.59 Å². The molecule has 2 saturated carbocycles. The number of aliphatic carboxylic acids is 1. The molecule has 2 aliphatic heterocycles. The summed E-state index contributed by atoms with van der Waals surface area (Å²) in [5, 5.41) is 28.2. The SMILES string of the molecule is O=C(N[C@@H]1CCCCC/C=C\[C@@H]2C[C@]2(C(O)C(=O)O)NC(=O)[C@@H]2C[C@H](Oc3nc4ccccc4nc3-c3cccs3)CN2C1=O)OC1CCCC1. The highest BCUT2D eigenvalue weighted by Crippen LogP contribution is 2.48. The monoisotopic (exact) mass is 717 g/mol. The smallest absolute Gasteiger partial charge is 0.408 e. The molecule has 14 heteroatoms. The number of carboxylic acid groups (broad SMARTS) is 1. The number of amides is 3. The number of nitrogens with one attached hydrogen (secondary N) is 2. The van der Waals surface area contributed by atoms with Crippen LogP contribution in [0.1, 0.15) is 70.6 Å². The second-order valence-electron chi connectivity index (χ2n) is 14.0. The van der Waals surface area contributed by atoms with Crippen molar-refractivity contribution in [1.29, 1.82) is 0 Å². The summed E-state index contributed by atoms with van der Waals surface area (Å²) in [7, 11) is 0. The van der Waals surface area contributed by atoms with Crippen LogP contribution < -0.4 is 15.4 Å². The van der Waals surface area contributed by atoms with Crippen molar-refractivity contribution < 1.29 is 38.9 Å². The summed E-state index contributed by atoms with van der Waals surface area (Å²) in [4.78, 5) is 65.6. The molecule has 3 amide bonds. The zero-order chi connectivity index (χ0) is 35.5. The van der Waals surface area contributed by atoms with E-state index in [4.69, 9.17) is 19.4 Å². The van der Waals surface area contributed by atoms with Crippen LogP contribution in [-0.4, -0.2) is 91.4 Å². The van der Waals surface area contributed by atoms with E-state index in [1.165, 1.54) is 16.2 Å². The van der Waals surface area contributed by atoms with E-state index in [1.807, 2.05) is 53.9 Å². The first-order chi connectivity index (χ1) is 24.7. The van der Waals surface area contributed by atoms with Gasteiger partial charge in [0.2, 0.25) is 17.7 Å². The summed E-state index contributed by atoms with van der Waals surface area (Å²) in [6, 6.07) is 9.22. The van der Waals surface area contributed by atoms with E-state index in [9.17, 15) is 29.4 Å². The van der Waals surface area contributed by atoms with E-state index in [0.29, 0.717) is 29.6 Å². The van der Waals surface area contributed by atoms with Gasteiger partial charge in [0.05, 0.1) is 28.0 Å². The standard InChI is InChI=1S/C37H43N5O8S/c43-31(35(46)47)37-20-22(37)11-4-2-1-3-5-16-27(40-36(48)50-23-12-6-7-13-23)34(45)42-21-24(19-28(42)32(44)41-37)49-33-30(29-17-10-18-51-29)38-25-14-8-9-15-26(25)39-33/h4,8-11,14-15,17-18,22-24,27-28,31,43H,1-3,5-7,12-13,16,19-21H2,(H,40,48)(H,41,44)(H,46,47)/b11-4-/t22-,24+,27-,28+,31?,37+/m1/s1. The van der Waals surface area contributed by atoms with Gasteiger partial charge in [0.25, 0.3) is 0 Å². The molecule has 4 heterocycles. The molecule has 1 unspecified atom stereocenters. The Morgan fingerprint density at radius 1 is 1.00 bits per heavy atom. The molecule has 1 saturated heterocycles. The number of ether oxygens (including phenoxy) is 2. The molecular weight excluding hydrogens is 675 g/mol. The van der Waals surface area contributed by atoms with Crippen molar-refractivity contribution in [2.75, 3.05) is 6.54 Å². The van der Waals surface area contributed by atoms with Gasteiger partial charge < -0.3 is 35.2 Å². The van der Waals surface area contributed by atoms with Crippen molar-refractivity contribution in [3.63, 3.8) is 0 Å². The molecule has 6 atom stereocenters. The number of hydrogen-bond donors (Lipinski definition) is 4. The molecule has 0 bridgehead atoms. The van der Waals surface area contributed by atoms with Gasteiger partial charge >= 0.3 is 12.1 Å². The number of para-hydroxylation sites is 2. The summed E-state index contributed by atoms with van der Waals surface area (Å²) in [5.74, 6) is -2.62. The van der Waals surface area contributed by atoms with Crippen molar-refractivity contribution in [3.8, 4) is 16.5 Å². The van der Waals surface area contributed by atoms with Crippen molar-refractivity contribution in [2.45, 2.75) is 107 Å². The summed E-state index contributed by atoms with van der Waals surface area (Å²) in [5.41, 5.74) is 0.438. The molecule has 0 spiro atoms. The average molecular weight is 718 g/mol. The third kappa shape index (κ3) is 7.57. The van der Waals surface area contributed by atoms with Crippen molar-refractivity contribution in [1.82, 2.24) is 25.5 Å². The van der Waals surface area contributed by atoms with Gasteiger partial charge in [-0.25, -0.2) is 19.6 Å². The van der Waals surface area contributed by atoms with Crippen molar-refractivity contribution in [2.24, 2.45) is 5.92 Å². The van der Waals surface area contributed by atoms with Gasteiger partial charge in [-0.05, 0) is 74.9 Å². The Kier molecular flexibility index (Phi) is 10.2. The van der Waals surface area contributed by atoms with Gasteiger partial charge in [0, 0.05) is 12.3 Å². The van der Waals surface area contributed by atoms with Crippen LogP contribution in [0.15, 0.2) is 53.9 Å². The van der Waals surface area contributed by atoms with Gasteiger partial charge in [0.1, 0.15) is 30.0 Å². The van der Waals surface area contributed by atoms with E-state index in [1.54, 1.807) is 0 Å². The van der Waals surface area contributed by atoms with Gasteiger partial charge in [-0.15, -0.1) is 11.3 Å². The first kappa shape index (κ1) is 34.9. The number of aromatic nitrogens is 2. The van der Waals surface area contributed by atoms with E-state index in [2.05, 4.69) is 10.6 Å². The van der Waals surface area contributed by atoms with Crippen molar-refractivity contribution >= 4 is 46.2 Å². The van der Waals surface area contributed by atoms with Gasteiger partial charge in [-0.2, -0.15) is 0 Å². The van der Waals surface area contributed by atoms with E-state index in [0.717, 1.165) is 49.8 Å². The second kappa shape index (κ2) is 15.0. The molecule has 0 radical (unpaired) electrons. The summed E-state index contributed by atoms with van der Waals surface area (Å²) < 4.78 is 12.2. The number of hydrogen-bond acceptors (Lipinski definition) is 10. The Labute approximate surface area is 299 Å². The quantitative estimate of drug-likeness (QED) is 0.253. The highest BCUT2D eigenvalue weighted by molar-refractivity contribution is 7.13. The molecule has 13 nitrogen and oxygen atoms in total. The van der Waals surface area contributed by atoms with Gasteiger partial charge in [-0.1, -0.05) is 43.2 Å². The maximum absolute atomic E-state index is 14.5. The number of rotatable bonds is 7. The molecule has 1 aromatic carbocycles. The van der Waals surface area contributed by atoms with Gasteiger partial charge in [0.15, 0.2) is 6.10 Å². The molecular formula is C37H43N5O8S. The maximum Gasteiger partial charge on any atom is 0.408 e. The van der Waals surface area contributed by atoms with Crippen LogP contribution in [0.3, 0.4) is 0 Å². The Morgan fingerprint density at radius 2 is 1.76 bits per heavy atom. The maximum atomic E-state index is 14.5. The number of alkyl carbamates (subject to hydrolysis) is 1. The summed E-state index contributed by atoms with van der Waals surface area (Å²) >= 11 is 1.48. The number of benzene rings is 1. The number of carbonyl (C=O) groups excluding carboxylic acids is 3. The lowest BCUT2D eigenvalue weighted by molar-refractivity contribution is -0.150. The third-order valence-electron chi connectivity index (χ3n) is 10.5. The number of fused-ring (bicyclic) bond motifs is 3. The zero-order valence-electron chi connectivity index (χ0n) is 28.2. The summed E-state index contributed by atoms with van der Waals surface area (Å²) in [6.07, 6.45) is 7.59. The molecule has 2 aromatic heterocycles. The Morgan fingerprint density at radius 3 is 2.51 bits per heavy atom. The number of allylic oxidation sites excluding steroid dienone is 1. The van der Waals surface area contributed by atoms with Crippen LogP contribution in [0.2, 0.25) is 0 Å². The minimum atomic E-state index is -1.84. The zero-order valence-corrected chi connectivity index (χ0v) is 29.1. The minimum Gasteiger partial charge on any atom is -0.479 e. The highest BCUT2D eigenvalue weighted by atomic mass is 32.1. The number of nitrogens with zero attached hydrogens (tertiary/aromatic N) is 3. The lowest BCUT2D eigenvalue weighted by atomic mass is 10.0. The molecule has 51 heavy (non-hydrogen) atoms. The minimum absolute atomic E-state index is 0.00295. The number of thiophene rings is 1. The predicted molar refractivity (Wildman–Crippen MR) is 188 cm³/mol. The molecule has 3 fully saturated rings. The highest BCUT2D eigenvalue weighted by Gasteiger charge is 2.62. The number of carbonyl (C=O) groups is 4. The van der Waals surface area contributed by atoms with E-state index >= 15 is 0 Å². The van der Waals surface area contributed by atoms with E-state index in [-0.39, 0.29) is 37.3 Å². The predicted octanol–water partition coefficient (Wildman–Crippen LogP) is 4.58. The lowest BCUT2D eigenvalue weighted by Gasteiger charge is -2.30. The van der Waals surface area contributed by atoms with Crippen LogP contribution in [0.4, 0.5) is 4.79 Å². The fraction of sp³-hybridized carbons (Fsp3) is 0.514. The van der Waals surface area contributed by atoms with Crippen LogP contribution in [0, 0.1) is 5.92 Å². The first-order valence-corrected chi connectivity index (χ1v) is 18.7. The first-order valence-electron chi connectivity index (χ1n) is 17.9. The number of aliphatic hydroxyl groups is 1. The average Bonchev–Trinajstić information content (AvgIpc) is 3.62. The Hall–Kier alpha value is -4.56. The van der Waals surface area contributed by atoms with Crippen LogP contribution in [0.25, 0.3) is 21.6 Å². The lowest BCUT2D eigenvalue weighted by Crippen LogP contribution is -2.58. The number of aliphatic hydroxyl groups excluding tert-OH is 1.